The Morgan fingerprint density at radius 3 is 2.83 bits per heavy atom. The number of halogens is 1. The average Bonchev–Trinajstić information content (AvgIpc) is 2.28. The fraction of sp³-hybridized carbons (Fsp3) is 0.538. The van der Waals surface area contributed by atoms with Crippen LogP contribution in [0.15, 0.2) is 18.2 Å². The standard InChI is InChI=1S/C13H18ClNO2S/c1-13(2,3)18(16)15-11-6-7-17-12-5-4-9(14)8-10(11)12/h4-5,8,11,15H,6-7H2,1-3H3. The number of ether oxygens (including phenoxy) is 1. The van der Waals surface area contributed by atoms with Crippen LogP contribution in [0.1, 0.15) is 38.8 Å². The monoisotopic (exact) mass is 287 g/mol. The SMILES string of the molecule is CC(C)(C)[S+]([O-])NC1CCOc2ccc(Cl)cc21. The third kappa shape index (κ3) is 3.12. The van der Waals surface area contributed by atoms with Crippen molar-refractivity contribution < 1.29 is 9.29 Å². The summed E-state index contributed by atoms with van der Waals surface area (Å²) in [5, 5.41) is 0.674. The van der Waals surface area contributed by atoms with E-state index in [4.69, 9.17) is 16.3 Å². The summed E-state index contributed by atoms with van der Waals surface area (Å²) in [5.74, 6) is 0.828. The molecule has 1 aliphatic rings. The van der Waals surface area contributed by atoms with E-state index in [1.165, 1.54) is 0 Å². The highest BCUT2D eigenvalue weighted by atomic mass is 35.5. The summed E-state index contributed by atoms with van der Waals surface area (Å²) < 4.78 is 20.6. The lowest BCUT2D eigenvalue weighted by molar-refractivity contribution is 0.262. The van der Waals surface area contributed by atoms with Crippen LogP contribution >= 0.6 is 11.6 Å². The maximum absolute atomic E-state index is 12.2. The number of fused-ring (bicyclic) bond motifs is 1. The fourth-order valence-electron chi connectivity index (χ4n) is 1.79. The van der Waals surface area contributed by atoms with Crippen molar-refractivity contribution in [1.29, 1.82) is 0 Å². The Bertz CT molecular complexity index is 433. The van der Waals surface area contributed by atoms with Crippen LogP contribution < -0.4 is 9.46 Å². The van der Waals surface area contributed by atoms with Gasteiger partial charge >= 0.3 is 0 Å². The molecule has 1 N–H and O–H groups in total. The molecule has 1 aromatic carbocycles. The summed E-state index contributed by atoms with van der Waals surface area (Å²) in [7, 11) is 0. The third-order valence-corrected chi connectivity index (χ3v) is 4.66. The van der Waals surface area contributed by atoms with Gasteiger partial charge in [0.05, 0.1) is 12.6 Å². The van der Waals surface area contributed by atoms with Gasteiger partial charge in [0.25, 0.3) is 0 Å². The lowest BCUT2D eigenvalue weighted by Gasteiger charge is -2.31. The van der Waals surface area contributed by atoms with E-state index in [-0.39, 0.29) is 10.8 Å². The van der Waals surface area contributed by atoms with Gasteiger partial charge in [0.1, 0.15) is 10.5 Å². The molecule has 0 saturated heterocycles. The Balaban J connectivity index is 2.20. The van der Waals surface area contributed by atoms with Crippen LogP contribution in [0.4, 0.5) is 0 Å². The van der Waals surface area contributed by atoms with Crippen molar-refractivity contribution in [2.24, 2.45) is 0 Å². The number of benzene rings is 1. The highest BCUT2D eigenvalue weighted by molar-refractivity contribution is 7.90. The van der Waals surface area contributed by atoms with E-state index in [9.17, 15) is 4.55 Å². The summed E-state index contributed by atoms with van der Waals surface area (Å²) in [6, 6.07) is 5.59. The molecule has 100 valence electrons. The Morgan fingerprint density at radius 2 is 2.17 bits per heavy atom. The van der Waals surface area contributed by atoms with Crippen molar-refractivity contribution in [1.82, 2.24) is 4.72 Å². The van der Waals surface area contributed by atoms with Gasteiger partial charge in [-0.2, -0.15) is 0 Å². The molecule has 0 aliphatic carbocycles. The van der Waals surface area contributed by atoms with Crippen molar-refractivity contribution in [2.75, 3.05) is 6.61 Å². The van der Waals surface area contributed by atoms with Crippen LogP contribution in [0.2, 0.25) is 5.02 Å². The highest BCUT2D eigenvalue weighted by Gasteiger charge is 2.32. The highest BCUT2D eigenvalue weighted by Crippen LogP contribution is 2.35. The molecule has 0 spiro atoms. The van der Waals surface area contributed by atoms with E-state index >= 15 is 0 Å². The quantitative estimate of drug-likeness (QED) is 0.850. The molecule has 1 heterocycles. The first-order valence-electron chi connectivity index (χ1n) is 5.98. The summed E-state index contributed by atoms with van der Waals surface area (Å²) in [6.45, 7) is 6.49. The van der Waals surface area contributed by atoms with Crippen LogP contribution in [0.5, 0.6) is 5.75 Å². The van der Waals surface area contributed by atoms with E-state index in [1.807, 2.05) is 39.0 Å². The lowest BCUT2D eigenvalue weighted by Crippen LogP contribution is -2.42. The lowest BCUT2D eigenvalue weighted by atomic mass is 10.0. The fourth-order valence-corrected chi connectivity index (χ4v) is 2.83. The minimum absolute atomic E-state index is 0.0347. The molecule has 2 unspecified atom stereocenters. The van der Waals surface area contributed by atoms with E-state index < -0.39 is 11.4 Å². The predicted molar refractivity (Wildman–Crippen MR) is 75.3 cm³/mol. The van der Waals surface area contributed by atoms with Gasteiger partial charge in [0.2, 0.25) is 0 Å². The molecule has 1 aliphatic heterocycles. The average molecular weight is 288 g/mol. The first-order valence-corrected chi connectivity index (χ1v) is 7.51. The van der Waals surface area contributed by atoms with Crippen LogP contribution in [0.25, 0.3) is 0 Å². The molecule has 2 atom stereocenters. The smallest absolute Gasteiger partial charge is 0.136 e. The molecule has 0 radical (unpaired) electrons. The van der Waals surface area contributed by atoms with Gasteiger partial charge in [0, 0.05) is 28.4 Å². The molecule has 0 saturated carbocycles. The molecule has 0 fully saturated rings. The Kier molecular flexibility index (Phi) is 4.11. The van der Waals surface area contributed by atoms with Crippen molar-refractivity contribution in [3.05, 3.63) is 28.8 Å². The topological polar surface area (TPSA) is 44.3 Å². The largest absolute Gasteiger partial charge is 0.598 e. The molecule has 1 aromatic rings. The Hall–Kier alpha value is -0.420. The maximum atomic E-state index is 12.2. The van der Waals surface area contributed by atoms with Crippen molar-refractivity contribution in [3.8, 4) is 5.75 Å². The molecule has 3 nitrogen and oxygen atoms in total. The number of hydrogen-bond donors (Lipinski definition) is 1. The van der Waals surface area contributed by atoms with Crippen molar-refractivity contribution in [3.63, 3.8) is 0 Å². The van der Waals surface area contributed by atoms with Crippen LogP contribution in [0.3, 0.4) is 0 Å². The number of nitrogens with one attached hydrogen (secondary N) is 1. The molecule has 0 bridgehead atoms. The maximum Gasteiger partial charge on any atom is 0.136 e. The van der Waals surface area contributed by atoms with Gasteiger partial charge in [-0.1, -0.05) is 11.6 Å². The summed E-state index contributed by atoms with van der Waals surface area (Å²) in [6.07, 6.45) is 0.801. The van der Waals surface area contributed by atoms with Gasteiger partial charge in [-0.15, -0.1) is 4.72 Å². The zero-order valence-corrected chi connectivity index (χ0v) is 12.4. The van der Waals surface area contributed by atoms with Gasteiger partial charge < -0.3 is 9.29 Å². The molecule has 18 heavy (non-hydrogen) atoms. The summed E-state index contributed by atoms with van der Waals surface area (Å²) in [4.78, 5) is 0. The first kappa shape index (κ1) is 14.0. The first-order chi connectivity index (χ1) is 8.38. The van der Waals surface area contributed by atoms with E-state index in [0.717, 1.165) is 17.7 Å². The van der Waals surface area contributed by atoms with Gasteiger partial charge in [-0.05, 0) is 39.0 Å². The van der Waals surface area contributed by atoms with Crippen LogP contribution in [-0.2, 0) is 11.4 Å². The molecule has 0 amide bonds. The minimum Gasteiger partial charge on any atom is -0.598 e. The van der Waals surface area contributed by atoms with Crippen LogP contribution in [0, 0.1) is 0 Å². The zero-order chi connectivity index (χ0) is 13.3. The number of rotatable bonds is 2. The summed E-state index contributed by atoms with van der Waals surface area (Å²) in [5.41, 5.74) is 0.992. The second-order valence-electron chi connectivity index (χ2n) is 5.37. The van der Waals surface area contributed by atoms with Gasteiger partial charge in [-0.25, -0.2) is 0 Å². The normalized spacial score (nSPS) is 21.1. The van der Waals surface area contributed by atoms with Crippen molar-refractivity contribution >= 4 is 23.0 Å². The second kappa shape index (κ2) is 5.29. The van der Waals surface area contributed by atoms with E-state index in [1.54, 1.807) is 0 Å². The predicted octanol–water partition coefficient (Wildman–Crippen LogP) is 3.22. The van der Waals surface area contributed by atoms with Gasteiger partial charge in [-0.3, -0.25) is 0 Å². The third-order valence-electron chi connectivity index (χ3n) is 2.82. The molecule has 5 heteroatoms. The second-order valence-corrected chi connectivity index (χ2v) is 7.81. The Labute approximate surface area is 116 Å². The van der Waals surface area contributed by atoms with Crippen molar-refractivity contribution in [2.45, 2.75) is 38.0 Å². The van der Waals surface area contributed by atoms with E-state index in [0.29, 0.717) is 11.6 Å². The molecular formula is C13H18ClNO2S. The summed E-state index contributed by atoms with van der Waals surface area (Å²) >= 11 is 4.91. The van der Waals surface area contributed by atoms with Gasteiger partial charge in [0.15, 0.2) is 0 Å². The zero-order valence-electron chi connectivity index (χ0n) is 10.8. The number of hydrogen-bond acceptors (Lipinski definition) is 3. The molecule has 2 rings (SSSR count). The van der Waals surface area contributed by atoms with E-state index in [2.05, 4.69) is 4.72 Å². The molecule has 0 aromatic heterocycles. The van der Waals surface area contributed by atoms with Crippen LogP contribution in [-0.4, -0.2) is 15.9 Å². The minimum atomic E-state index is -1.10. The Morgan fingerprint density at radius 1 is 1.44 bits per heavy atom. The molecular weight excluding hydrogens is 270 g/mol.